The van der Waals surface area contributed by atoms with Gasteiger partial charge in [-0.2, -0.15) is 0 Å². The standard InChI is InChI=1S/C14H17ClO2/c1-10(16)17-9-12-7-4-8-13(14(12)15)11-5-2-3-6-11/h4,7-8,11H,2-3,5-6,9H2,1H3. The number of carbonyl (C=O) groups is 1. The van der Waals surface area contributed by atoms with Crippen LogP contribution in [0.2, 0.25) is 5.02 Å². The van der Waals surface area contributed by atoms with Gasteiger partial charge in [0.2, 0.25) is 0 Å². The van der Waals surface area contributed by atoms with Gasteiger partial charge in [-0.05, 0) is 24.3 Å². The summed E-state index contributed by atoms with van der Waals surface area (Å²) in [6, 6.07) is 6.01. The van der Waals surface area contributed by atoms with Crippen molar-refractivity contribution in [3.8, 4) is 0 Å². The topological polar surface area (TPSA) is 26.3 Å². The van der Waals surface area contributed by atoms with Gasteiger partial charge in [-0.25, -0.2) is 0 Å². The molecule has 1 aliphatic carbocycles. The molecule has 2 rings (SSSR count). The molecule has 1 saturated carbocycles. The number of hydrogen-bond donors (Lipinski definition) is 0. The molecule has 0 aliphatic heterocycles. The summed E-state index contributed by atoms with van der Waals surface area (Å²) < 4.78 is 5.00. The van der Waals surface area contributed by atoms with E-state index in [1.165, 1.54) is 38.2 Å². The van der Waals surface area contributed by atoms with E-state index in [1.54, 1.807) is 0 Å². The maximum Gasteiger partial charge on any atom is 0.302 e. The maximum atomic E-state index is 10.8. The lowest BCUT2D eigenvalue weighted by Crippen LogP contribution is -2.02. The summed E-state index contributed by atoms with van der Waals surface area (Å²) in [7, 11) is 0. The zero-order valence-electron chi connectivity index (χ0n) is 10.0. The Hall–Kier alpha value is -1.02. The maximum absolute atomic E-state index is 10.8. The van der Waals surface area contributed by atoms with Crippen LogP contribution in [0.15, 0.2) is 18.2 Å². The first-order chi connectivity index (χ1) is 8.18. The Bertz CT molecular complexity index is 409. The van der Waals surface area contributed by atoms with Gasteiger partial charge in [-0.3, -0.25) is 4.79 Å². The normalized spacial score (nSPS) is 16.1. The number of halogens is 1. The molecule has 0 N–H and O–H groups in total. The predicted octanol–water partition coefficient (Wildman–Crippen LogP) is 4.06. The number of ether oxygens (including phenoxy) is 1. The van der Waals surface area contributed by atoms with Crippen LogP contribution in [-0.2, 0) is 16.1 Å². The molecule has 1 aromatic rings. The van der Waals surface area contributed by atoms with Crippen molar-refractivity contribution in [2.45, 2.75) is 45.1 Å². The van der Waals surface area contributed by atoms with Crippen molar-refractivity contribution < 1.29 is 9.53 Å². The second kappa shape index (κ2) is 5.54. The van der Waals surface area contributed by atoms with Crippen LogP contribution in [0, 0.1) is 0 Å². The summed E-state index contributed by atoms with van der Waals surface area (Å²) in [5, 5.41) is 0.778. The van der Waals surface area contributed by atoms with Gasteiger partial charge in [0.15, 0.2) is 0 Å². The van der Waals surface area contributed by atoms with Crippen LogP contribution in [0.25, 0.3) is 0 Å². The molecule has 0 unspecified atom stereocenters. The summed E-state index contributed by atoms with van der Waals surface area (Å²) in [6.45, 7) is 1.68. The van der Waals surface area contributed by atoms with Crippen LogP contribution < -0.4 is 0 Å². The number of benzene rings is 1. The van der Waals surface area contributed by atoms with Crippen LogP contribution in [0.3, 0.4) is 0 Å². The van der Waals surface area contributed by atoms with Crippen molar-refractivity contribution in [2.24, 2.45) is 0 Å². The first kappa shape index (κ1) is 12.4. The Morgan fingerprint density at radius 1 is 1.41 bits per heavy atom. The number of esters is 1. The molecule has 0 saturated heterocycles. The van der Waals surface area contributed by atoms with E-state index in [9.17, 15) is 4.79 Å². The van der Waals surface area contributed by atoms with Gasteiger partial charge in [0.1, 0.15) is 6.61 Å². The van der Waals surface area contributed by atoms with Crippen LogP contribution >= 0.6 is 11.6 Å². The molecule has 0 bridgehead atoms. The van der Waals surface area contributed by atoms with E-state index < -0.39 is 0 Å². The van der Waals surface area contributed by atoms with Crippen LogP contribution in [0.1, 0.15) is 49.7 Å². The predicted molar refractivity (Wildman–Crippen MR) is 68.1 cm³/mol. The molecule has 1 aliphatic rings. The van der Waals surface area contributed by atoms with Gasteiger partial charge in [0, 0.05) is 12.5 Å². The highest BCUT2D eigenvalue weighted by Gasteiger charge is 2.20. The van der Waals surface area contributed by atoms with Gasteiger partial charge in [0.05, 0.1) is 5.02 Å². The smallest absolute Gasteiger partial charge is 0.302 e. The van der Waals surface area contributed by atoms with E-state index in [1.807, 2.05) is 12.1 Å². The Kier molecular flexibility index (Phi) is 4.06. The second-order valence-corrected chi connectivity index (χ2v) is 4.96. The van der Waals surface area contributed by atoms with E-state index in [0.717, 1.165) is 10.6 Å². The quantitative estimate of drug-likeness (QED) is 0.759. The van der Waals surface area contributed by atoms with Crippen LogP contribution in [0.4, 0.5) is 0 Å². The Morgan fingerprint density at radius 3 is 2.76 bits per heavy atom. The fraction of sp³-hybridized carbons (Fsp3) is 0.500. The number of hydrogen-bond acceptors (Lipinski definition) is 2. The van der Waals surface area contributed by atoms with Crippen LogP contribution in [0.5, 0.6) is 0 Å². The summed E-state index contributed by atoms with van der Waals surface area (Å²) in [5.41, 5.74) is 2.13. The zero-order chi connectivity index (χ0) is 12.3. The van der Waals surface area contributed by atoms with E-state index in [-0.39, 0.29) is 12.6 Å². The SMILES string of the molecule is CC(=O)OCc1cccc(C2CCCC2)c1Cl. The van der Waals surface area contributed by atoms with Crippen molar-refractivity contribution in [1.29, 1.82) is 0 Å². The summed E-state index contributed by atoms with van der Waals surface area (Å²) in [4.78, 5) is 10.8. The average Bonchev–Trinajstić information content (AvgIpc) is 2.81. The third-order valence-corrected chi connectivity index (χ3v) is 3.80. The lowest BCUT2D eigenvalue weighted by molar-refractivity contribution is -0.142. The van der Waals surface area contributed by atoms with Crippen LogP contribution in [-0.4, -0.2) is 5.97 Å². The van der Waals surface area contributed by atoms with Crippen molar-refractivity contribution in [3.63, 3.8) is 0 Å². The average molecular weight is 253 g/mol. The molecule has 0 atom stereocenters. The molecule has 0 aromatic heterocycles. The van der Waals surface area contributed by atoms with E-state index in [2.05, 4.69) is 6.07 Å². The van der Waals surface area contributed by atoms with Gasteiger partial charge >= 0.3 is 5.97 Å². The van der Waals surface area contributed by atoms with E-state index in [4.69, 9.17) is 16.3 Å². The minimum absolute atomic E-state index is 0.271. The molecule has 92 valence electrons. The number of rotatable bonds is 3. The third kappa shape index (κ3) is 3.01. The fourth-order valence-corrected chi connectivity index (χ4v) is 2.78. The van der Waals surface area contributed by atoms with Gasteiger partial charge < -0.3 is 4.74 Å². The zero-order valence-corrected chi connectivity index (χ0v) is 10.8. The van der Waals surface area contributed by atoms with Crippen molar-refractivity contribution in [3.05, 3.63) is 34.3 Å². The van der Waals surface area contributed by atoms with Crippen molar-refractivity contribution in [2.75, 3.05) is 0 Å². The molecule has 0 amide bonds. The lowest BCUT2D eigenvalue weighted by atomic mass is 9.96. The fourth-order valence-electron chi connectivity index (χ4n) is 2.44. The summed E-state index contributed by atoms with van der Waals surface area (Å²) in [5.74, 6) is 0.312. The molecule has 2 nitrogen and oxygen atoms in total. The lowest BCUT2D eigenvalue weighted by Gasteiger charge is -2.14. The minimum Gasteiger partial charge on any atom is -0.461 e. The highest BCUT2D eigenvalue weighted by atomic mass is 35.5. The van der Waals surface area contributed by atoms with Gasteiger partial charge in [0.25, 0.3) is 0 Å². The highest BCUT2D eigenvalue weighted by molar-refractivity contribution is 6.32. The molecule has 0 radical (unpaired) electrons. The van der Waals surface area contributed by atoms with Crippen molar-refractivity contribution >= 4 is 17.6 Å². The summed E-state index contributed by atoms with van der Waals surface area (Å²) >= 11 is 6.38. The van der Waals surface area contributed by atoms with E-state index >= 15 is 0 Å². The molecular weight excluding hydrogens is 236 g/mol. The molecular formula is C14H17ClO2. The Labute approximate surface area is 107 Å². The second-order valence-electron chi connectivity index (χ2n) is 4.58. The van der Waals surface area contributed by atoms with Gasteiger partial charge in [-0.1, -0.05) is 42.6 Å². The van der Waals surface area contributed by atoms with E-state index in [0.29, 0.717) is 5.92 Å². The molecule has 1 aromatic carbocycles. The first-order valence-corrected chi connectivity index (χ1v) is 6.47. The monoisotopic (exact) mass is 252 g/mol. The number of carbonyl (C=O) groups excluding carboxylic acids is 1. The molecule has 1 fully saturated rings. The molecule has 0 spiro atoms. The Balaban J connectivity index is 2.17. The third-order valence-electron chi connectivity index (χ3n) is 3.33. The minimum atomic E-state index is -0.271. The largest absolute Gasteiger partial charge is 0.461 e. The summed E-state index contributed by atoms with van der Waals surface area (Å²) in [6.07, 6.45) is 5.01. The highest BCUT2D eigenvalue weighted by Crippen LogP contribution is 2.38. The molecule has 17 heavy (non-hydrogen) atoms. The van der Waals surface area contributed by atoms with Gasteiger partial charge in [-0.15, -0.1) is 0 Å². The molecule has 0 heterocycles. The van der Waals surface area contributed by atoms with Crippen molar-refractivity contribution in [1.82, 2.24) is 0 Å². The molecule has 3 heteroatoms. The Morgan fingerprint density at radius 2 is 2.12 bits per heavy atom. The first-order valence-electron chi connectivity index (χ1n) is 6.09.